The lowest BCUT2D eigenvalue weighted by molar-refractivity contribution is 0.0757. The molecule has 1 fully saturated rings. The van der Waals surface area contributed by atoms with Crippen LogP contribution in [0.15, 0.2) is 54.6 Å². The van der Waals surface area contributed by atoms with Crippen LogP contribution in [0.2, 0.25) is 0 Å². The number of likely N-dealkylation sites (tertiary alicyclic amines) is 1. The first kappa shape index (κ1) is 17.5. The number of ether oxygens (including phenoxy) is 1. The first-order valence-electron chi connectivity index (χ1n) is 9.04. The average Bonchev–Trinajstić information content (AvgIpc) is 2.87. The zero-order chi connectivity index (χ0) is 17.5. The Bertz CT molecular complexity index is 687. The van der Waals surface area contributed by atoms with E-state index < -0.39 is 0 Å². The lowest BCUT2D eigenvalue weighted by atomic mass is 10.1. The van der Waals surface area contributed by atoms with Gasteiger partial charge in [0, 0.05) is 25.6 Å². The molecule has 0 unspecified atom stereocenters. The van der Waals surface area contributed by atoms with Crippen LogP contribution in [-0.2, 0) is 6.42 Å². The Morgan fingerprint density at radius 3 is 2.64 bits per heavy atom. The van der Waals surface area contributed by atoms with Crippen molar-refractivity contribution in [3.05, 3.63) is 65.7 Å². The van der Waals surface area contributed by atoms with E-state index in [9.17, 15) is 4.79 Å². The summed E-state index contributed by atoms with van der Waals surface area (Å²) in [5.41, 5.74) is 7.90. The first-order chi connectivity index (χ1) is 12.2. The van der Waals surface area contributed by atoms with Crippen LogP contribution in [0.1, 0.15) is 35.2 Å². The van der Waals surface area contributed by atoms with Crippen molar-refractivity contribution in [3.63, 3.8) is 0 Å². The molecule has 2 aromatic carbocycles. The molecule has 0 aliphatic carbocycles. The van der Waals surface area contributed by atoms with Crippen LogP contribution >= 0.6 is 0 Å². The van der Waals surface area contributed by atoms with E-state index in [4.69, 9.17) is 10.5 Å². The fourth-order valence-corrected chi connectivity index (χ4v) is 3.19. The quantitative estimate of drug-likeness (QED) is 0.910. The molecule has 1 heterocycles. The number of hydrogen-bond donors (Lipinski definition) is 1. The summed E-state index contributed by atoms with van der Waals surface area (Å²) in [4.78, 5) is 14.8. The molecular formula is C21H26N2O2. The van der Waals surface area contributed by atoms with Gasteiger partial charge >= 0.3 is 0 Å². The fraction of sp³-hybridized carbons (Fsp3) is 0.381. The number of nitrogens with zero attached hydrogens (tertiary/aromatic N) is 1. The Kier molecular flexibility index (Phi) is 6.07. The number of carbonyl (C=O) groups excluding carboxylic acids is 1. The highest BCUT2D eigenvalue weighted by molar-refractivity contribution is 5.97. The van der Waals surface area contributed by atoms with Gasteiger partial charge in [0.1, 0.15) is 5.75 Å². The maximum Gasteiger partial charge on any atom is 0.257 e. The molecule has 4 heteroatoms. The smallest absolute Gasteiger partial charge is 0.257 e. The molecule has 2 aromatic rings. The topological polar surface area (TPSA) is 55.6 Å². The number of para-hydroxylation sites is 1. The normalized spacial score (nSPS) is 17.8. The van der Waals surface area contributed by atoms with Crippen molar-refractivity contribution in [3.8, 4) is 5.75 Å². The summed E-state index contributed by atoms with van der Waals surface area (Å²) in [6.07, 6.45) is 3.63. The Morgan fingerprint density at radius 2 is 1.80 bits per heavy atom. The summed E-state index contributed by atoms with van der Waals surface area (Å²) in [6, 6.07) is 18.0. The van der Waals surface area contributed by atoms with Gasteiger partial charge in [0.25, 0.3) is 5.91 Å². The van der Waals surface area contributed by atoms with Gasteiger partial charge in [-0.05, 0) is 37.0 Å². The number of carbonyl (C=O) groups is 1. The third kappa shape index (κ3) is 4.83. The minimum atomic E-state index is 0.0458. The van der Waals surface area contributed by atoms with E-state index in [0.29, 0.717) is 17.9 Å². The number of benzene rings is 2. The van der Waals surface area contributed by atoms with Crippen LogP contribution < -0.4 is 10.5 Å². The van der Waals surface area contributed by atoms with Crippen molar-refractivity contribution in [2.75, 3.05) is 19.7 Å². The second kappa shape index (κ2) is 8.67. The van der Waals surface area contributed by atoms with Crippen LogP contribution in [-0.4, -0.2) is 36.5 Å². The van der Waals surface area contributed by atoms with E-state index in [-0.39, 0.29) is 11.9 Å². The molecule has 0 radical (unpaired) electrons. The summed E-state index contributed by atoms with van der Waals surface area (Å²) < 4.78 is 5.93. The van der Waals surface area contributed by atoms with Gasteiger partial charge in [-0.2, -0.15) is 0 Å². The summed E-state index contributed by atoms with van der Waals surface area (Å²) in [7, 11) is 0. The van der Waals surface area contributed by atoms with Gasteiger partial charge in [-0.1, -0.05) is 42.5 Å². The second-order valence-electron chi connectivity index (χ2n) is 6.56. The van der Waals surface area contributed by atoms with Crippen LogP contribution in [0, 0.1) is 0 Å². The van der Waals surface area contributed by atoms with E-state index in [1.807, 2.05) is 47.4 Å². The molecule has 1 saturated heterocycles. The van der Waals surface area contributed by atoms with Crippen molar-refractivity contribution in [2.45, 2.75) is 31.7 Å². The van der Waals surface area contributed by atoms with Crippen molar-refractivity contribution in [2.24, 2.45) is 5.73 Å². The fourth-order valence-electron chi connectivity index (χ4n) is 3.19. The molecule has 0 saturated carbocycles. The van der Waals surface area contributed by atoms with E-state index in [1.54, 1.807) is 0 Å². The molecule has 2 N–H and O–H groups in total. The van der Waals surface area contributed by atoms with Crippen molar-refractivity contribution in [1.82, 2.24) is 4.90 Å². The molecule has 0 bridgehead atoms. The van der Waals surface area contributed by atoms with Crippen LogP contribution in [0.4, 0.5) is 0 Å². The van der Waals surface area contributed by atoms with Crippen molar-refractivity contribution in [1.29, 1.82) is 0 Å². The lowest BCUT2D eigenvalue weighted by Gasteiger charge is -2.22. The molecule has 1 aliphatic rings. The molecule has 1 amide bonds. The maximum atomic E-state index is 12.9. The number of nitrogens with two attached hydrogens (primary N) is 1. The second-order valence-corrected chi connectivity index (χ2v) is 6.56. The molecule has 0 aromatic heterocycles. The highest BCUT2D eigenvalue weighted by Crippen LogP contribution is 2.22. The SMILES string of the molecule is N[C@@H]1CCCN(C(=O)c2ccccc2OCCc2ccccc2)CC1. The molecule has 1 aliphatic heterocycles. The molecule has 132 valence electrons. The molecule has 4 nitrogen and oxygen atoms in total. The predicted molar refractivity (Wildman–Crippen MR) is 99.8 cm³/mol. The maximum absolute atomic E-state index is 12.9. The van der Waals surface area contributed by atoms with Crippen LogP contribution in [0.5, 0.6) is 5.75 Å². The van der Waals surface area contributed by atoms with Gasteiger partial charge in [0.05, 0.1) is 12.2 Å². The Balaban J connectivity index is 1.64. The van der Waals surface area contributed by atoms with E-state index in [1.165, 1.54) is 5.56 Å². The zero-order valence-electron chi connectivity index (χ0n) is 14.6. The molecule has 25 heavy (non-hydrogen) atoms. The monoisotopic (exact) mass is 338 g/mol. The Labute approximate surface area is 149 Å². The largest absolute Gasteiger partial charge is 0.492 e. The zero-order valence-corrected chi connectivity index (χ0v) is 14.6. The van der Waals surface area contributed by atoms with Gasteiger partial charge < -0.3 is 15.4 Å². The Hall–Kier alpha value is -2.33. The third-order valence-electron chi connectivity index (χ3n) is 4.67. The van der Waals surface area contributed by atoms with Gasteiger partial charge in [0.2, 0.25) is 0 Å². The molecular weight excluding hydrogens is 312 g/mol. The van der Waals surface area contributed by atoms with E-state index in [2.05, 4.69) is 12.1 Å². The standard InChI is InChI=1S/C21H26N2O2/c22-18-9-6-14-23(15-12-18)21(24)19-10-4-5-11-20(19)25-16-13-17-7-2-1-3-8-17/h1-5,7-8,10-11,18H,6,9,12-16,22H2/t18-/m1/s1. The highest BCUT2D eigenvalue weighted by atomic mass is 16.5. The molecule has 3 rings (SSSR count). The van der Waals surface area contributed by atoms with E-state index >= 15 is 0 Å². The minimum absolute atomic E-state index is 0.0458. The third-order valence-corrected chi connectivity index (χ3v) is 4.67. The van der Waals surface area contributed by atoms with Crippen molar-refractivity contribution >= 4 is 5.91 Å². The minimum Gasteiger partial charge on any atom is -0.492 e. The highest BCUT2D eigenvalue weighted by Gasteiger charge is 2.22. The van der Waals surface area contributed by atoms with Gasteiger partial charge in [0.15, 0.2) is 0 Å². The van der Waals surface area contributed by atoms with Gasteiger partial charge in [-0.3, -0.25) is 4.79 Å². The number of amides is 1. The summed E-state index contributed by atoms with van der Waals surface area (Å²) in [5, 5.41) is 0. The summed E-state index contributed by atoms with van der Waals surface area (Å²) in [5.74, 6) is 0.710. The number of rotatable bonds is 5. The lowest BCUT2D eigenvalue weighted by Crippen LogP contribution is -2.33. The summed E-state index contributed by atoms with van der Waals surface area (Å²) in [6.45, 7) is 2.04. The van der Waals surface area contributed by atoms with Gasteiger partial charge in [-0.15, -0.1) is 0 Å². The average molecular weight is 338 g/mol. The van der Waals surface area contributed by atoms with Gasteiger partial charge in [-0.25, -0.2) is 0 Å². The first-order valence-corrected chi connectivity index (χ1v) is 9.04. The Morgan fingerprint density at radius 1 is 1.04 bits per heavy atom. The summed E-state index contributed by atoms with van der Waals surface area (Å²) >= 11 is 0. The van der Waals surface area contributed by atoms with E-state index in [0.717, 1.165) is 38.8 Å². The number of hydrogen-bond acceptors (Lipinski definition) is 3. The van der Waals surface area contributed by atoms with Crippen molar-refractivity contribution < 1.29 is 9.53 Å². The molecule has 0 spiro atoms. The molecule has 1 atom stereocenters. The van der Waals surface area contributed by atoms with Crippen LogP contribution in [0.25, 0.3) is 0 Å². The van der Waals surface area contributed by atoms with Crippen LogP contribution in [0.3, 0.4) is 0 Å². The predicted octanol–water partition coefficient (Wildman–Crippen LogP) is 3.26.